The fourth-order valence-electron chi connectivity index (χ4n) is 3.92. The Balaban J connectivity index is 1.28. The van der Waals surface area contributed by atoms with Crippen molar-refractivity contribution >= 4 is 34.8 Å². The van der Waals surface area contributed by atoms with Gasteiger partial charge in [0.25, 0.3) is 11.8 Å². The highest BCUT2D eigenvalue weighted by Gasteiger charge is 2.45. The number of benzene rings is 2. The maximum absolute atomic E-state index is 13.2. The average Bonchev–Trinajstić information content (AvgIpc) is 2.86. The van der Waals surface area contributed by atoms with Crippen LogP contribution in [0.1, 0.15) is 13.3 Å². The van der Waals surface area contributed by atoms with E-state index in [9.17, 15) is 9.59 Å². The topological polar surface area (TPSA) is 99.6 Å². The summed E-state index contributed by atoms with van der Waals surface area (Å²) in [5, 5.41) is 6.19. The first-order valence-corrected chi connectivity index (χ1v) is 10.8. The number of amides is 2. The van der Waals surface area contributed by atoms with Gasteiger partial charge in [-0.05, 0) is 43.3 Å². The Morgan fingerprint density at radius 1 is 1.00 bits per heavy atom. The van der Waals surface area contributed by atoms with E-state index in [0.717, 1.165) is 16.9 Å². The lowest BCUT2D eigenvalue weighted by Crippen LogP contribution is -2.58. The van der Waals surface area contributed by atoms with Crippen LogP contribution in [0.5, 0.6) is 0 Å². The van der Waals surface area contributed by atoms with Crippen molar-refractivity contribution in [2.24, 2.45) is 4.99 Å². The molecule has 34 heavy (non-hydrogen) atoms. The zero-order valence-electron chi connectivity index (χ0n) is 18.5. The molecule has 2 aromatic carbocycles. The molecule has 3 heterocycles. The number of hydrogen-bond acceptors (Lipinski definition) is 6. The van der Waals surface area contributed by atoms with E-state index in [1.807, 2.05) is 54.6 Å². The summed E-state index contributed by atoms with van der Waals surface area (Å²) in [5.41, 5.74) is 2.20. The number of allylic oxidation sites excluding steroid dienone is 2. The summed E-state index contributed by atoms with van der Waals surface area (Å²) in [7, 11) is 0. The van der Waals surface area contributed by atoms with Crippen molar-refractivity contribution in [3.8, 4) is 11.3 Å². The van der Waals surface area contributed by atoms with E-state index in [2.05, 4.69) is 25.6 Å². The molecule has 2 amide bonds. The van der Waals surface area contributed by atoms with Gasteiger partial charge in [0.1, 0.15) is 23.5 Å². The zero-order valence-corrected chi connectivity index (χ0v) is 18.5. The first-order chi connectivity index (χ1) is 16.5. The minimum absolute atomic E-state index is 0.00237. The lowest BCUT2D eigenvalue weighted by Gasteiger charge is -2.41. The highest BCUT2D eigenvalue weighted by Crippen LogP contribution is 2.30. The molecule has 3 aromatic rings. The Hall–Kier alpha value is -4.59. The molecule has 2 aliphatic heterocycles. The van der Waals surface area contributed by atoms with Crippen LogP contribution in [0.2, 0.25) is 0 Å². The normalized spacial score (nSPS) is 18.8. The van der Waals surface area contributed by atoms with E-state index >= 15 is 0 Å². The van der Waals surface area contributed by atoms with Gasteiger partial charge < -0.3 is 15.5 Å². The Morgan fingerprint density at radius 2 is 1.76 bits per heavy atom. The van der Waals surface area contributed by atoms with Crippen LogP contribution < -0.4 is 10.6 Å². The van der Waals surface area contributed by atoms with Crippen molar-refractivity contribution < 1.29 is 9.59 Å². The van der Waals surface area contributed by atoms with Gasteiger partial charge in [0.2, 0.25) is 0 Å². The number of fused-ring (bicyclic) bond motifs is 1. The fraction of sp³-hybridized carbons (Fsp3) is 0.115. The van der Waals surface area contributed by atoms with Crippen LogP contribution in [-0.4, -0.2) is 38.1 Å². The summed E-state index contributed by atoms with van der Waals surface area (Å²) in [6.45, 7) is 1.74. The maximum Gasteiger partial charge on any atom is 0.250 e. The van der Waals surface area contributed by atoms with Crippen LogP contribution in [0, 0.1) is 0 Å². The van der Waals surface area contributed by atoms with E-state index in [-0.39, 0.29) is 18.2 Å². The number of aliphatic imine (C=N–C) groups is 1. The molecule has 8 nitrogen and oxygen atoms in total. The Morgan fingerprint density at radius 3 is 2.56 bits per heavy atom. The van der Waals surface area contributed by atoms with Gasteiger partial charge in [-0.15, -0.1) is 0 Å². The number of amidine groups is 1. The predicted molar refractivity (Wildman–Crippen MR) is 131 cm³/mol. The summed E-state index contributed by atoms with van der Waals surface area (Å²) in [6.07, 6.45) is 8.61. The molecular weight excluding hydrogens is 428 g/mol. The SMILES string of the molecule is CC1(C(=O)Nc2ccc(Nc3cc(-c4ccccc4)ncn3)cc2)CC(=O)N=C2C=CC=CN21. The lowest BCUT2D eigenvalue weighted by molar-refractivity contribution is -0.130. The Bertz CT molecular complexity index is 1330. The highest BCUT2D eigenvalue weighted by atomic mass is 16.2. The maximum atomic E-state index is 13.2. The minimum Gasteiger partial charge on any atom is -0.340 e. The molecule has 0 saturated heterocycles. The van der Waals surface area contributed by atoms with Crippen molar-refractivity contribution in [1.82, 2.24) is 14.9 Å². The van der Waals surface area contributed by atoms with Crippen LogP contribution in [-0.2, 0) is 9.59 Å². The van der Waals surface area contributed by atoms with Crippen LogP contribution in [0.25, 0.3) is 11.3 Å². The van der Waals surface area contributed by atoms with Crippen LogP contribution in [0.15, 0.2) is 96.4 Å². The summed E-state index contributed by atoms with van der Waals surface area (Å²) < 4.78 is 0. The first kappa shape index (κ1) is 21.3. The molecule has 1 aromatic heterocycles. The standard InChI is InChI=1S/C26H22N6O2/c1-26(16-24(33)31-23-9-5-6-14-32(23)26)25(34)30-20-12-10-19(11-13-20)29-22-15-21(27-17-28-22)18-7-3-2-4-8-18/h2-15,17H,16H2,1H3,(H,30,34)(H,27,28,29). The molecule has 0 fully saturated rings. The quantitative estimate of drug-likeness (QED) is 0.601. The summed E-state index contributed by atoms with van der Waals surface area (Å²) in [5.74, 6) is 0.534. The number of nitrogens with one attached hydrogen (secondary N) is 2. The average molecular weight is 451 g/mol. The number of anilines is 3. The zero-order chi connectivity index (χ0) is 23.5. The third-order valence-electron chi connectivity index (χ3n) is 5.75. The molecule has 168 valence electrons. The van der Waals surface area contributed by atoms with Crippen molar-refractivity contribution in [2.45, 2.75) is 18.9 Å². The van der Waals surface area contributed by atoms with Gasteiger partial charge in [-0.3, -0.25) is 9.59 Å². The second-order valence-electron chi connectivity index (χ2n) is 8.20. The Labute approximate surface area is 196 Å². The summed E-state index contributed by atoms with van der Waals surface area (Å²) in [4.78, 5) is 39.7. The molecule has 0 spiro atoms. The van der Waals surface area contributed by atoms with E-state index in [4.69, 9.17) is 0 Å². The largest absolute Gasteiger partial charge is 0.340 e. The smallest absolute Gasteiger partial charge is 0.250 e. The highest BCUT2D eigenvalue weighted by molar-refractivity contribution is 6.11. The molecule has 0 aliphatic carbocycles. The number of rotatable bonds is 5. The van der Waals surface area contributed by atoms with Crippen LogP contribution >= 0.6 is 0 Å². The van der Waals surface area contributed by atoms with Gasteiger partial charge in [0.15, 0.2) is 0 Å². The van der Waals surface area contributed by atoms with Crippen molar-refractivity contribution in [3.63, 3.8) is 0 Å². The van der Waals surface area contributed by atoms with Crippen molar-refractivity contribution in [3.05, 3.63) is 91.4 Å². The lowest BCUT2D eigenvalue weighted by atomic mass is 9.91. The molecule has 0 bridgehead atoms. The van der Waals surface area contributed by atoms with Crippen molar-refractivity contribution in [2.75, 3.05) is 10.6 Å². The minimum atomic E-state index is -1.07. The van der Waals surface area contributed by atoms with Gasteiger partial charge in [0.05, 0.1) is 12.1 Å². The third-order valence-corrected chi connectivity index (χ3v) is 5.75. The molecule has 1 atom stereocenters. The molecule has 0 radical (unpaired) electrons. The molecule has 8 heteroatoms. The van der Waals surface area contributed by atoms with Crippen molar-refractivity contribution in [1.29, 1.82) is 0 Å². The molecule has 0 saturated carbocycles. The third kappa shape index (κ3) is 4.21. The number of carbonyl (C=O) groups is 2. The van der Waals surface area contributed by atoms with E-state index in [1.54, 1.807) is 42.3 Å². The van der Waals surface area contributed by atoms with Gasteiger partial charge in [0, 0.05) is 29.2 Å². The second-order valence-corrected chi connectivity index (χ2v) is 8.20. The number of aromatic nitrogens is 2. The number of carbonyl (C=O) groups excluding carboxylic acids is 2. The predicted octanol–water partition coefficient (Wildman–Crippen LogP) is 4.30. The van der Waals surface area contributed by atoms with Gasteiger partial charge in [-0.1, -0.05) is 36.4 Å². The summed E-state index contributed by atoms with van der Waals surface area (Å²) in [6, 6.07) is 19.1. The molecule has 2 N–H and O–H groups in total. The van der Waals surface area contributed by atoms with Gasteiger partial charge in [-0.25, -0.2) is 9.97 Å². The van der Waals surface area contributed by atoms with E-state index in [0.29, 0.717) is 17.3 Å². The Kier molecular flexibility index (Phi) is 5.47. The monoisotopic (exact) mass is 450 g/mol. The van der Waals surface area contributed by atoms with Crippen LogP contribution in [0.3, 0.4) is 0 Å². The van der Waals surface area contributed by atoms with Gasteiger partial charge >= 0.3 is 0 Å². The first-order valence-electron chi connectivity index (χ1n) is 10.8. The molecule has 5 rings (SSSR count). The second kappa shape index (κ2) is 8.74. The molecule has 2 aliphatic rings. The van der Waals surface area contributed by atoms with Gasteiger partial charge in [-0.2, -0.15) is 4.99 Å². The van der Waals surface area contributed by atoms with E-state index < -0.39 is 5.54 Å². The number of nitrogens with zero attached hydrogens (tertiary/aromatic N) is 4. The fourth-order valence-corrected chi connectivity index (χ4v) is 3.92. The molecule has 1 unspecified atom stereocenters. The number of hydrogen-bond donors (Lipinski definition) is 2. The van der Waals surface area contributed by atoms with E-state index in [1.165, 1.54) is 6.33 Å². The summed E-state index contributed by atoms with van der Waals surface area (Å²) >= 11 is 0. The molecular formula is C26H22N6O2. The van der Waals surface area contributed by atoms with Crippen LogP contribution in [0.4, 0.5) is 17.2 Å².